The normalized spacial score (nSPS) is 14.4. The molecule has 3 N–H and O–H groups in total. The van der Waals surface area contributed by atoms with Crippen molar-refractivity contribution in [3.8, 4) is 0 Å². The first-order valence-corrected chi connectivity index (χ1v) is 45.1. The zero-order valence-electron chi connectivity index (χ0n) is 67.1. The number of rotatable bonds is 79. The van der Waals surface area contributed by atoms with Crippen LogP contribution in [0.5, 0.6) is 0 Å². The summed E-state index contributed by atoms with van der Waals surface area (Å²) in [6.07, 6.45) is 86.3. The van der Waals surface area contributed by atoms with E-state index in [0.717, 1.165) is 122 Å². The van der Waals surface area contributed by atoms with Gasteiger partial charge in [-0.05, 0) is 109 Å². The molecule has 0 bridgehead atoms. The lowest BCUT2D eigenvalue weighted by Crippen LogP contribution is -2.30. The average Bonchev–Trinajstić information content (AvgIpc) is 0.905. The van der Waals surface area contributed by atoms with Crippen LogP contribution in [-0.4, -0.2) is 96.7 Å². The van der Waals surface area contributed by atoms with Crippen molar-refractivity contribution in [2.24, 2.45) is 0 Å². The van der Waals surface area contributed by atoms with Crippen LogP contribution in [-0.2, 0) is 65.4 Å². The number of ether oxygens (including phenoxy) is 4. The number of aliphatic hydroxyl groups is 1. The molecule has 0 aromatic rings. The van der Waals surface area contributed by atoms with Crippen LogP contribution in [0.3, 0.4) is 0 Å². The molecule has 0 saturated heterocycles. The van der Waals surface area contributed by atoms with Gasteiger partial charge in [-0.25, -0.2) is 9.13 Å². The minimum Gasteiger partial charge on any atom is -0.462 e. The molecule has 0 spiro atoms. The second-order valence-electron chi connectivity index (χ2n) is 28.1. The average molecular weight is 1530 g/mol. The van der Waals surface area contributed by atoms with E-state index in [1.54, 1.807) is 0 Å². The molecule has 19 heteroatoms. The van der Waals surface area contributed by atoms with Gasteiger partial charge >= 0.3 is 39.5 Å². The van der Waals surface area contributed by atoms with Crippen LogP contribution in [0.2, 0.25) is 0 Å². The van der Waals surface area contributed by atoms with Gasteiger partial charge < -0.3 is 33.8 Å². The fourth-order valence-electron chi connectivity index (χ4n) is 11.4. The zero-order chi connectivity index (χ0) is 77.4. The van der Waals surface area contributed by atoms with Crippen LogP contribution in [0.1, 0.15) is 362 Å². The molecular weight excluding hydrogens is 1380 g/mol. The summed E-state index contributed by atoms with van der Waals surface area (Å²) >= 11 is 0. The molecule has 0 amide bonds. The fraction of sp³-hybridized carbons (Fsp3) is 0.747. The third-order valence-corrected chi connectivity index (χ3v) is 19.7. The molecule has 2 unspecified atom stereocenters. The van der Waals surface area contributed by atoms with E-state index < -0.39 is 97.5 Å². The number of hydrogen-bond donors (Lipinski definition) is 3. The quantitative estimate of drug-likeness (QED) is 0.0169. The second kappa shape index (κ2) is 78.8. The summed E-state index contributed by atoms with van der Waals surface area (Å²) in [4.78, 5) is 73.1. The molecule has 0 aliphatic rings. The van der Waals surface area contributed by atoms with Crippen molar-refractivity contribution >= 4 is 39.5 Å². The molecule has 0 aromatic carbocycles. The molecule has 0 aromatic heterocycles. The van der Waals surface area contributed by atoms with E-state index in [1.165, 1.54) is 154 Å². The van der Waals surface area contributed by atoms with E-state index in [-0.39, 0.29) is 25.7 Å². The lowest BCUT2D eigenvalue weighted by molar-refractivity contribution is -0.161. The van der Waals surface area contributed by atoms with Crippen molar-refractivity contribution in [3.05, 3.63) is 109 Å². The molecule has 17 nitrogen and oxygen atoms in total. The number of carbonyl (C=O) groups is 4. The molecular formula is C87H152O17P2. The molecule has 0 fully saturated rings. The highest BCUT2D eigenvalue weighted by Crippen LogP contribution is 2.45. The van der Waals surface area contributed by atoms with Gasteiger partial charge in [0.15, 0.2) is 12.2 Å². The van der Waals surface area contributed by atoms with E-state index >= 15 is 0 Å². The minimum atomic E-state index is -4.99. The maximum atomic E-state index is 13.1. The first kappa shape index (κ1) is 102. The summed E-state index contributed by atoms with van der Waals surface area (Å²) in [6, 6.07) is 0. The maximum Gasteiger partial charge on any atom is 0.472 e. The lowest BCUT2D eigenvalue weighted by Gasteiger charge is -2.21. The van der Waals surface area contributed by atoms with E-state index in [2.05, 4.69) is 125 Å². The number of allylic oxidation sites excluding steroid dienone is 18. The number of hydrogen-bond acceptors (Lipinski definition) is 15. The molecule has 0 aliphatic heterocycles. The third-order valence-electron chi connectivity index (χ3n) is 17.8. The van der Waals surface area contributed by atoms with E-state index in [9.17, 15) is 43.2 Å². The van der Waals surface area contributed by atoms with Crippen LogP contribution in [0.25, 0.3) is 0 Å². The SMILES string of the molecule is CC/C=C\C/C=C\C/C=C\C/C=C\C/C=C\CCCCCC(=O)OC[C@H](COP(=O)(O)OC[C@@H](O)COP(=O)(O)OC[C@@H](COC(=O)CCCCCCCCCCCCCCCCC)OC(=O)CCC/C=C\C/C=C\C/C=C\C/C=C\CCCCC)OC(=O)CCCCCCCCCCCCCCCCC. The van der Waals surface area contributed by atoms with Gasteiger partial charge in [0.1, 0.15) is 19.3 Å². The van der Waals surface area contributed by atoms with Crippen molar-refractivity contribution in [2.75, 3.05) is 39.6 Å². The Bertz CT molecular complexity index is 2430. The van der Waals surface area contributed by atoms with Crippen molar-refractivity contribution < 1.29 is 80.2 Å². The van der Waals surface area contributed by atoms with Gasteiger partial charge in [0, 0.05) is 25.7 Å². The van der Waals surface area contributed by atoms with Crippen molar-refractivity contribution in [1.29, 1.82) is 0 Å². The Morgan fingerprint density at radius 2 is 0.500 bits per heavy atom. The predicted molar refractivity (Wildman–Crippen MR) is 436 cm³/mol. The van der Waals surface area contributed by atoms with Crippen LogP contribution >= 0.6 is 15.6 Å². The highest BCUT2D eigenvalue weighted by Gasteiger charge is 2.30. The molecule has 5 atom stereocenters. The summed E-state index contributed by atoms with van der Waals surface area (Å²) in [5, 5.41) is 10.7. The Morgan fingerprint density at radius 3 is 0.811 bits per heavy atom. The fourth-order valence-corrected chi connectivity index (χ4v) is 12.9. The topological polar surface area (TPSA) is 237 Å². The number of aliphatic hydroxyl groups excluding tert-OH is 1. The van der Waals surface area contributed by atoms with Crippen LogP contribution in [0, 0.1) is 0 Å². The Kier molecular flexibility index (Phi) is 75.6. The standard InChI is InChI=1S/C87H152O17P2/c1-5-9-13-17-21-25-29-33-37-39-40-42-45-48-52-56-60-64-68-72-85(90)98-78-82(103-86(91)73-69-65-61-57-53-49-44-36-32-28-24-20-16-12-8-4)79-101-105(93,94)99-75-81(88)76-100-106(95,96)102-80-83(77-97-84(89)71-67-63-59-55-51-47-43-35-31-27-23-19-15-11-7-3)104-87(92)74-70-66-62-58-54-50-46-41-38-34-30-26-22-18-14-10-6-2/h9,13,21-22,25-26,33-34,37-38,40,42,46,48,50,52,58,62,81-83,88H,5-8,10-12,14-20,23-24,27-32,35-36,39,41,43-45,47,49,51,53-57,59-61,63-80H2,1-4H3,(H,93,94)(H,95,96)/b13-9-,25-21-,26-22-,37-33-,38-34-,42-40-,50-46-,52-48-,62-58-/t81-,82-,83-/m1/s1. The molecule has 612 valence electrons. The van der Waals surface area contributed by atoms with Gasteiger partial charge in [-0.15, -0.1) is 0 Å². The van der Waals surface area contributed by atoms with Gasteiger partial charge in [0.25, 0.3) is 0 Å². The molecule has 0 rings (SSSR count). The lowest BCUT2D eigenvalue weighted by atomic mass is 10.0. The van der Waals surface area contributed by atoms with Gasteiger partial charge in [0.2, 0.25) is 0 Å². The predicted octanol–water partition coefficient (Wildman–Crippen LogP) is 24.9. The largest absolute Gasteiger partial charge is 0.472 e. The molecule has 106 heavy (non-hydrogen) atoms. The Hall–Kier alpha value is -4.28. The summed E-state index contributed by atoms with van der Waals surface area (Å²) < 4.78 is 68.7. The summed E-state index contributed by atoms with van der Waals surface area (Å²) in [5.41, 5.74) is 0. The Labute approximate surface area is 645 Å². The molecule has 0 heterocycles. The Balaban J connectivity index is 5.42. The summed E-state index contributed by atoms with van der Waals surface area (Å²) in [7, 11) is -9.98. The van der Waals surface area contributed by atoms with Crippen LogP contribution in [0.4, 0.5) is 0 Å². The molecule has 0 saturated carbocycles. The van der Waals surface area contributed by atoms with Crippen LogP contribution in [0.15, 0.2) is 109 Å². The monoisotopic (exact) mass is 1530 g/mol. The number of phosphoric acid groups is 2. The highest BCUT2D eigenvalue weighted by molar-refractivity contribution is 7.47. The second-order valence-corrected chi connectivity index (χ2v) is 31.0. The summed E-state index contributed by atoms with van der Waals surface area (Å²) in [6.45, 7) is 4.70. The first-order valence-electron chi connectivity index (χ1n) is 42.1. The maximum absolute atomic E-state index is 13.1. The van der Waals surface area contributed by atoms with Crippen molar-refractivity contribution in [1.82, 2.24) is 0 Å². The van der Waals surface area contributed by atoms with E-state index in [4.69, 9.17) is 37.0 Å². The molecule has 0 aliphatic carbocycles. The number of carbonyl (C=O) groups excluding carboxylic acids is 4. The van der Waals surface area contributed by atoms with E-state index in [0.29, 0.717) is 32.1 Å². The van der Waals surface area contributed by atoms with E-state index in [1.807, 2.05) is 12.2 Å². The van der Waals surface area contributed by atoms with Gasteiger partial charge in [-0.1, -0.05) is 336 Å². The highest BCUT2D eigenvalue weighted by atomic mass is 31.2. The Morgan fingerprint density at radius 1 is 0.274 bits per heavy atom. The number of phosphoric ester groups is 2. The van der Waals surface area contributed by atoms with Crippen LogP contribution < -0.4 is 0 Å². The first-order chi connectivity index (χ1) is 51.7. The minimum absolute atomic E-state index is 0.0205. The number of esters is 4. The van der Waals surface area contributed by atoms with Gasteiger partial charge in [0.05, 0.1) is 26.4 Å². The van der Waals surface area contributed by atoms with Gasteiger partial charge in [-0.2, -0.15) is 0 Å². The zero-order valence-corrected chi connectivity index (χ0v) is 68.9. The van der Waals surface area contributed by atoms with Crippen molar-refractivity contribution in [2.45, 2.75) is 380 Å². The number of unbranched alkanes of at least 4 members (excludes halogenated alkanes) is 35. The smallest absolute Gasteiger partial charge is 0.462 e. The molecule has 0 radical (unpaired) electrons. The van der Waals surface area contributed by atoms with Crippen molar-refractivity contribution in [3.63, 3.8) is 0 Å². The van der Waals surface area contributed by atoms with Gasteiger partial charge in [-0.3, -0.25) is 37.3 Å². The third kappa shape index (κ3) is 77.9. The summed E-state index contributed by atoms with van der Waals surface area (Å²) in [5.74, 6) is -2.25.